The van der Waals surface area contributed by atoms with Gasteiger partial charge in [-0.15, -0.1) is 0 Å². The minimum absolute atomic E-state index is 0.118. The van der Waals surface area contributed by atoms with Crippen molar-refractivity contribution in [2.45, 2.75) is 27.2 Å². The summed E-state index contributed by atoms with van der Waals surface area (Å²) in [6.07, 6.45) is 0.939. The zero-order chi connectivity index (χ0) is 14.7. The van der Waals surface area contributed by atoms with Crippen LogP contribution in [0.2, 0.25) is 0 Å². The highest BCUT2D eigenvalue weighted by atomic mass is 16.2. The number of hydrogen-bond donors (Lipinski definition) is 2. The van der Waals surface area contributed by atoms with Crippen LogP contribution in [0.4, 0.5) is 11.4 Å². The lowest BCUT2D eigenvalue weighted by Gasteiger charge is -2.20. The highest BCUT2D eigenvalue weighted by Crippen LogP contribution is 2.30. The minimum Gasteiger partial charge on any atom is -0.385 e. The van der Waals surface area contributed by atoms with Crippen LogP contribution in [0.5, 0.6) is 0 Å². The van der Waals surface area contributed by atoms with Crippen molar-refractivity contribution in [1.29, 1.82) is 0 Å². The molecule has 0 saturated carbocycles. The van der Waals surface area contributed by atoms with E-state index in [1.54, 1.807) is 6.92 Å². The summed E-state index contributed by atoms with van der Waals surface area (Å²) in [5, 5.41) is 3.47. The van der Waals surface area contributed by atoms with Crippen LogP contribution in [-0.2, 0) is 11.2 Å². The average molecular weight is 275 g/mol. The first-order valence-corrected chi connectivity index (χ1v) is 7.38. The van der Waals surface area contributed by atoms with E-state index in [0.717, 1.165) is 30.9 Å². The first kappa shape index (κ1) is 14.9. The van der Waals surface area contributed by atoms with Crippen LogP contribution in [0.3, 0.4) is 0 Å². The fourth-order valence-electron chi connectivity index (χ4n) is 2.68. The molecular weight excluding hydrogens is 250 g/mol. The molecule has 0 fully saturated rings. The minimum atomic E-state index is 0.118. The zero-order valence-corrected chi connectivity index (χ0v) is 12.6. The molecule has 4 nitrogen and oxygen atoms in total. The van der Waals surface area contributed by atoms with E-state index in [4.69, 9.17) is 5.73 Å². The monoisotopic (exact) mass is 275 g/mol. The Morgan fingerprint density at radius 1 is 1.45 bits per heavy atom. The lowest BCUT2D eigenvalue weighted by atomic mass is 9.96. The smallest absolute Gasteiger partial charge is 0.223 e. The Bertz CT molecular complexity index is 485. The maximum absolute atomic E-state index is 11.5. The van der Waals surface area contributed by atoms with Crippen LogP contribution in [0.15, 0.2) is 18.2 Å². The van der Waals surface area contributed by atoms with E-state index >= 15 is 0 Å². The van der Waals surface area contributed by atoms with Crippen LogP contribution >= 0.6 is 0 Å². The van der Waals surface area contributed by atoms with Crippen molar-refractivity contribution in [2.24, 2.45) is 17.6 Å². The van der Waals surface area contributed by atoms with Crippen LogP contribution in [0.25, 0.3) is 0 Å². The van der Waals surface area contributed by atoms with Gasteiger partial charge in [0.2, 0.25) is 5.91 Å². The van der Waals surface area contributed by atoms with Gasteiger partial charge in [-0.1, -0.05) is 13.8 Å². The SMILES string of the molecule is CC(=O)N1CCc2cc(NCC(CN)C(C)C)ccc21. The first-order valence-electron chi connectivity index (χ1n) is 7.38. The Hall–Kier alpha value is -1.55. The van der Waals surface area contributed by atoms with Crippen molar-refractivity contribution in [2.75, 3.05) is 29.9 Å². The quantitative estimate of drug-likeness (QED) is 0.866. The molecule has 110 valence electrons. The third-order valence-corrected chi connectivity index (χ3v) is 4.17. The third kappa shape index (κ3) is 3.12. The predicted molar refractivity (Wildman–Crippen MR) is 84.0 cm³/mol. The Labute approximate surface area is 121 Å². The van der Waals surface area contributed by atoms with Gasteiger partial charge in [0.05, 0.1) is 0 Å². The van der Waals surface area contributed by atoms with E-state index in [1.807, 2.05) is 17.0 Å². The topological polar surface area (TPSA) is 58.4 Å². The van der Waals surface area contributed by atoms with Gasteiger partial charge in [-0.05, 0) is 48.6 Å². The van der Waals surface area contributed by atoms with Gasteiger partial charge >= 0.3 is 0 Å². The maximum atomic E-state index is 11.5. The molecule has 1 aliphatic rings. The molecule has 1 unspecified atom stereocenters. The summed E-state index contributed by atoms with van der Waals surface area (Å²) in [5.41, 5.74) is 9.22. The van der Waals surface area contributed by atoms with Crippen molar-refractivity contribution in [3.05, 3.63) is 23.8 Å². The van der Waals surface area contributed by atoms with Gasteiger partial charge in [-0.2, -0.15) is 0 Å². The van der Waals surface area contributed by atoms with E-state index < -0.39 is 0 Å². The molecule has 20 heavy (non-hydrogen) atoms. The Kier molecular flexibility index (Phi) is 4.65. The molecule has 3 N–H and O–H groups in total. The molecule has 1 heterocycles. The molecule has 1 atom stereocenters. The number of fused-ring (bicyclic) bond motifs is 1. The molecule has 2 rings (SSSR count). The van der Waals surface area contributed by atoms with Gasteiger partial charge in [0, 0.05) is 31.4 Å². The predicted octanol–water partition coefficient (Wildman–Crippen LogP) is 2.24. The molecule has 0 spiro atoms. The molecule has 1 amide bonds. The normalized spacial score (nSPS) is 15.3. The number of nitrogens with two attached hydrogens (primary N) is 1. The molecule has 1 aromatic carbocycles. The average Bonchev–Trinajstić information content (AvgIpc) is 2.82. The number of nitrogens with zero attached hydrogens (tertiary/aromatic N) is 1. The largest absolute Gasteiger partial charge is 0.385 e. The molecule has 1 aliphatic heterocycles. The fraction of sp³-hybridized carbons (Fsp3) is 0.562. The van der Waals surface area contributed by atoms with E-state index in [0.29, 0.717) is 18.4 Å². The summed E-state index contributed by atoms with van der Waals surface area (Å²) in [6, 6.07) is 6.25. The third-order valence-electron chi connectivity index (χ3n) is 4.17. The number of carbonyl (C=O) groups excluding carboxylic acids is 1. The van der Waals surface area contributed by atoms with Crippen molar-refractivity contribution in [3.8, 4) is 0 Å². The van der Waals surface area contributed by atoms with Crippen LogP contribution in [-0.4, -0.2) is 25.5 Å². The van der Waals surface area contributed by atoms with Gasteiger partial charge in [0.25, 0.3) is 0 Å². The number of hydrogen-bond acceptors (Lipinski definition) is 3. The number of nitrogens with one attached hydrogen (secondary N) is 1. The van der Waals surface area contributed by atoms with Gasteiger partial charge in [-0.3, -0.25) is 4.79 Å². The maximum Gasteiger partial charge on any atom is 0.223 e. The highest BCUT2D eigenvalue weighted by molar-refractivity contribution is 5.94. The summed E-state index contributed by atoms with van der Waals surface area (Å²) in [6.45, 7) is 8.41. The van der Waals surface area contributed by atoms with Crippen LogP contribution in [0.1, 0.15) is 26.3 Å². The lowest BCUT2D eigenvalue weighted by Crippen LogP contribution is -2.27. The number of rotatable bonds is 5. The molecule has 1 aromatic rings. The number of anilines is 2. The van der Waals surface area contributed by atoms with Crippen LogP contribution < -0.4 is 16.0 Å². The molecule has 0 aliphatic carbocycles. The van der Waals surface area contributed by atoms with Gasteiger partial charge < -0.3 is 16.0 Å². The van der Waals surface area contributed by atoms with Gasteiger partial charge in [-0.25, -0.2) is 0 Å². The van der Waals surface area contributed by atoms with Crippen molar-refractivity contribution < 1.29 is 4.79 Å². The lowest BCUT2D eigenvalue weighted by molar-refractivity contribution is -0.116. The Morgan fingerprint density at radius 2 is 2.20 bits per heavy atom. The Morgan fingerprint density at radius 3 is 2.80 bits per heavy atom. The van der Waals surface area contributed by atoms with Gasteiger partial charge in [0.15, 0.2) is 0 Å². The van der Waals surface area contributed by atoms with Crippen molar-refractivity contribution in [1.82, 2.24) is 0 Å². The summed E-state index contributed by atoms with van der Waals surface area (Å²) in [4.78, 5) is 13.4. The number of benzene rings is 1. The fourth-order valence-corrected chi connectivity index (χ4v) is 2.68. The van der Waals surface area contributed by atoms with Gasteiger partial charge in [0.1, 0.15) is 0 Å². The molecule has 0 saturated heterocycles. The first-order chi connectivity index (χ1) is 9.52. The second-order valence-electron chi connectivity index (χ2n) is 5.88. The molecular formula is C16H25N3O. The van der Waals surface area contributed by atoms with E-state index in [1.165, 1.54) is 5.56 Å². The van der Waals surface area contributed by atoms with Crippen molar-refractivity contribution in [3.63, 3.8) is 0 Å². The van der Waals surface area contributed by atoms with Crippen LogP contribution in [0, 0.1) is 11.8 Å². The summed E-state index contributed by atoms with van der Waals surface area (Å²) in [7, 11) is 0. The second kappa shape index (κ2) is 6.27. The standard InChI is InChI=1S/C16H25N3O/c1-11(2)14(9-17)10-18-15-4-5-16-13(8-15)6-7-19(16)12(3)20/h4-5,8,11,14,18H,6-7,9-10,17H2,1-3H3. The van der Waals surface area contributed by atoms with Crippen molar-refractivity contribution >= 4 is 17.3 Å². The van der Waals surface area contributed by atoms with E-state index in [-0.39, 0.29) is 5.91 Å². The van der Waals surface area contributed by atoms with E-state index in [2.05, 4.69) is 25.2 Å². The summed E-state index contributed by atoms with van der Waals surface area (Å²) >= 11 is 0. The number of carbonyl (C=O) groups is 1. The molecule has 0 radical (unpaired) electrons. The highest BCUT2D eigenvalue weighted by Gasteiger charge is 2.22. The molecule has 0 bridgehead atoms. The number of amides is 1. The second-order valence-corrected chi connectivity index (χ2v) is 5.88. The zero-order valence-electron chi connectivity index (χ0n) is 12.6. The molecule has 4 heteroatoms. The molecule has 0 aromatic heterocycles. The Balaban J connectivity index is 2.04. The van der Waals surface area contributed by atoms with E-state index in [9.17, 15) is 4.79 Å². The summed E-state index contributed by atoms with van der Waals surface area (Å²) < 4.78 is 0. The summed E-state index contributed by atoms with van der Waals surface area (Å²) in [5.74, 6) is 1.18.